The number of hydrogen-bond acceptors (Lipinski definition) is 2. The van der Waals surface area contributed by atoms with E-state index in [-0.39, 0.29) is 5.41 Å². The highest BCUT2D eigenvalue weighted by Crippen LogP contribution is 2.49. The number of fused-ring (bicyclic) bond motifs is 3. The van der Waals surface area contributed by atoms with Crippen molar-refractivity contribution in [1.82, 2.24) is 0 Å². The van der Waals surface area contributed by atoms with Gasteiger partial charge in [0.25, 0.3) is 0 Å². The first-order chi connectivity index (χ1) is 11.4. The maximum atomic E-state index is 2.58. The molecule has 2 aliphatic heterocycles. The summed E-state index contributed by atoms with van der Waals surface area (Å²) in [5.41, 5.74) is 8.46. The molecule has 0 saturated heterocycles. The van der Waals surface area contributed by atoms with Gasteiger partial charge in [0.05, 0.1) is 0 Å². The standard InChI is InChI=1S/C22H26N2/c1-15-10-6-8-12-18(15)23-16(2)20-14-17-11-7-9-13-19(17)24(20)21(23)22(3,4)5/h6-13,21H,14H2,1-5H3. The van der Waals surface area contributed by atoms with Gasteiger partial charge in [-0.1, -0.05) is 57.2 Å². The third-order valence-electron chi connectivity index (χ3n) is 5.32. The van der Waals surface area contributed by atoms with Crippen LogP contribution in [0.1, 0.15) is 38.8 Å². The zero-order valence-electron chi connectivity index (χ0n) is 15.3. The Hall–Kier alpha value is -2.22. The fraction of sp³-hybridized carbons (Fsp3) is 0.364. The first-order valence-corrected chi connectivity index (χ1v) is 8.81. The molecule has 0 radical (unpaired) electrons. The molecule has 0 amide bonds. The van der Waals surface area contributed by atoms with Crippen LogP contribution in [0.5, 0.6) is 0 Å². The van der Waals surface area contributed by atoms with Crippen LogP contribution in [0.4, 0.5) is 11.4 Å². The topological polar surface area (TPSA) is 6.48 Å². The lowest BCUT2D eigenvalue weighted by atomic mass is 9.90. The van der Waals surface area contributed by atoms with E-state index >= 15 is 0 Å². The van der Waals surface area contributed by atoms with Crippen LogP contribution in [0.25, 0.3) is 0 Å². The maximum absolute atomic E-state index is 2.58. The Bertz CT molecular complexity index is 826. The van der Waals surface area contributed by atoms with E-state index < -0.39 is 0 Å². The molecular formula is C22H26N2. The van der Waals surface area contributed by atoms with E-state index in [1.54, 1.807) is 0 Å². The Kier molecular flexibility index (Phi) is 3.28. The normalized spacial score (nSPS) is 19.8. The largest absolute Gasteiger partial charge is 0.322 e. The van der Waals surface area contributed by atoms with E-state index in [0.717, 1.165) is 6.42 Å². The monoisotopic (exact) mass is 318 g/mol. The lowest BCUT2D eigenvalue weighted by molar-refractivity contribution is 0.323. The summed E-state index contributed by atoms with van der Waals surface area (Å²) in [7, 11) is 0. The third-order valence-corrected chi connectivity index (χ3v) is 5.32. The maximum Gasteiger partial charge on any atom is 0.115 e. The molecule has 0 aromatic heterocycles. The van der Waals surface area contributed by atoms with E-state index in [1.165, 1.54) is 33.9 Å². The molecule has 0 fully saturated rings. The molecule has 2 heterocycles. The number of benzene rings is 2. The van der Waals surface area contributed by atoms with Crippen LogP contribution in [-0.2, 0) is 6.42 Å². The van der Waals surface area contributed by atoms with Crippen LogP contribution in [0.2, 0.25) is 0 Å². The molecule has 2 heteroatoms. The smallest absolute Gasteiger partial charge is 0.115 e. The van der Waals surface area contributed by atoms with Gasteiger partial charge >= 0.3 is 0 Å². The molecule has 2 nitrogen and oxygen atoms in total. The van der Waals surface area contributed by atoms with Crippen molar-refractivity contribution in [1.29, 1.82) is 0 Å². The first kappa shape index (κ1) is 15.3. The third kappa shape index (κ3) is 2.09. The molecule has 0 aliphatic carbocycles. The fourth-order valence-corrected chi connectivity index (χ4v) is 4.25. The van der Waals surface area contributed by atoms with Gasteiger partial charge in [0.1, 0.15) is 6.17 Å². The molecule has 0 saturated carbocycles. The summed E-state index contributed by atoms with van der Waals surface area (Å²) in [4.78, 5) is 5.14. The van der Waals surface area contributed by atoms with E-state index in [9.17, 15) is 0 Å². The van der Waals surface area contributed by atoms with E-state index in [0.29, 0.717) is 6.17 Å². The molecule has 2 aliphatic rings. The minimum Gasteiger partial charge on any atom is -0.322 e. The van der Waals surface area contributed by atoms with Gasteiger partial charge < -0.3 is 9.80 Å². The number of aryl methyl sites for hydroxylation is 1. The van der Waals surface area contributed by atoms with Gasteiger partial charge in [0, 0.05) is 34.6 Å². The zero-order valence-corrected chi connectivity index (χ0v) is 15.3. The first-order valence-electron chi connectivity index (χ1n) is 8.81. The van der Waals surface area contributed by atoms with Gasteiger partial charge in [0.2, 0.25) is 0 Å². The predicted molar refractivity (Wildman–Crippen MR) is 102 cm³/mol. The quantitative estimate of drug-likeness (QED) is 0.687. The van der Waals surface area contributed by atoms with Crippen LogP contribution in [0.15, 0.2) is 59.9 Å². The molecule has 0 bridgehead atoms. The van der Waals surface area contributed by atoms with Crippen LogP contribution in [-0.4, -0.2) is 6.17 Å². The highest BCUT2D eigenvalue weighted by Gasteiger charge is 2.47. The van der Waals surface area contributed by atoms with Crippen molar-refractivity contribution in [2.45, 2.75) is 47.2 Å². The number of allylic oxidation sites excluding steroid dienone is 2. The predicted octanol–water partition coefficient (Wildman–Crippen LogP) is 5.48. The van der Waals surface area contributed by atoms with Crippen molar-refractivity contribution < 1.29 is 0 Å². The summed E-state index contributed by atoms with van der Waals surface area (Å²) >= 11 is 0. The fourth-order valence-electron chi connectivity index (χ4n) is 4.25. The molecule has 24 heavy (non-hydrogen) atoms. The van der Waals surface area contributed by atoms with Gasteiger partial charge in [-0.3, -0.25) is 0 Å². The van der Waals surface area contributed by atoms with Crippen molar-refractivity contribution in [3.63, 3.8) is 0 Å². The second kappa shape index (κ2) is 5.14. The zero-order chi connectivity index (χ0) is 17.1. The van der Waals surface area contributed by atoms with Gasteiger partial charge in [-0.2, -0.15) is 0 Å². The van der Waals surface area contributed by atoms with E-state index in [2.05, 4.69) is 92.9 Å². The second-order valence-corrected chi connectivity index (χ2v) is 8.10. The molecule has 1 atom stereocenters. The average Bonchev–Trinajstić information content (AvgIpc) is 3.03. The highest BCUT2D eigenvalue weighted by atomic mass is 15.4. The van der Waals surface area contributed by atoms with Crippen molar-refractivity contribution in [2.75, 3.05) is 9.80 Å². The Balaban J connectivity index is 1.91. The SMILES string of the molecule is CC1=C2Cc3ccccc3N2C(C(C)(C)C)N1c1ccccc1C. The van der Waals surface area contributed by atoms with Crippen molar-refractivity contribution in [3.05, 3.63) is 71.1 Å². The minimum atomic E-state index is 0.128. The Morgan fingerprint density at radius 1 is 0.833 bits per heavy atom. The summed E-state index contributed by atoms with van der Waals surface area (Å²) in [6.07, 6.45) is 1.34. The van der Waals surface area contributed by atoms with Crippen LogP contribution >= 0.6 is 0 Å². The van der Waals surface area contributed by atoms with Gasteiger partial charge in [-0.05, 0) is 37.1 Å². The van der Waals surface area contributed by atoms with Gasteiger partial charge in [-0.15, -0.1) is 0 Å². The summed E-state index contributed by atoms with van der Waals surface area (Å²) < 4.78 is 0. The molecule has 2 aromatic rings. The lowest BCUT2D eigenvalue weighted by Crippen LogP contribution is -2.49. The molecule has 0 N–H and O–H groups in total. The number of rotatable bonds is 1. The molecule has 4 rings (SSSR count). The number of hydrogen-bond donors (Lipinski definition) is 0. The number of anilines is 2. The molecule has 2 aromatic carbocycles. The lowest BCUT2D eigenvalue weighted by Gasteiger charge is -2.42. The Labute approximate surface area is 145 Å². The number of para-hydroxylation sites is 2. The summed E-state index contributed by atoms with van der Waals surface area (Å²) in [5, 5.41) is 0. The second-order valence-electron chi connectivity index (χ2n) is 8.10. The van der Waals surface area contributed by atoms with Crippen molar-refractivity contribution in [3.8, 4) is 0 Å². The van der Waals surface area contributed by atoms with Crippen LogP contribution < -0.4 is 9.80 Å². The molecular weight excluding hydrogens is 292 g/mol. The Morgan fingerprint density at radius 3 is 2.12 bits per heavy atom. The Morgan fingerprint density at radius 2 is 1.46 bits per heavy atom. The molecule has 0 spiro atoms. The van der Waals surface area contributed by atoms with E-state index in [4.69, 9.17) is 0 Å². The summed E-state index contributed by atoms with van der Waals surface area (Å²) in [6.45, 7) is 11.5. The van der Waals surface area contributed by atoms with Gasteiger partial charge in [-0.25, -0.2) is 0 Å². The van der Waals surface area contributed by atoms with Crippen LogP contribution in [0, 0.1) is 12.3 Å². The molecule has 1 unspecified atom stereocenters. The van der Waals surface area contributed by atoms with Crippen molar-refractivity contribution in [2.24, 2.45) is 5.41 Å². The summed E-state index contributed by atoms with van der Waals surface area (Å²) in [6, 6.07) is 17.6. The molecule has 124 valence electrons. The van der Waals surface area contributed by atoms with E-state index in [1.807, 2.05) is 0 Å². The highest BCUT2D eigenvalue weighted by molar-refractivity contribution is 5.75. The van der Waals surface area contributed by atoms with Crippen molar-refractivity contribution >= 4 is 11.4 Å². The van der Waals surface area contributed by atoms with Crippen LogP contribution in [0.3, 0.4) is 0 Å². The number of nitrogens with zero attached hydrogens (tertiary/aromatic N) is 2. The average molecular weight is 318 g/mol. The summed E-state index contributed by atoms with van der Waals surface area (Å²) in [5.74, 6) is 0. The van der Waals surface area contributed by atoms with Gasteiger partial charge in [0.15, 0.2) is 0 Å². The minimum absolute atomic E-state index is 0.128.